The molecule has 3 rings (SSSR count). The van der Waals surface area contributed by atoms with E-state index in [1.165, 1.54) is 45.3 Å². The molecule has 1 N–H and O–H groups in total. The number of ether oxygens (including phenoxy) is 2. The molecule has 8 nitrogen and oxygen atoms in total. The lowest BCUT2D eigenvalue weighted by Gasteiger charge is -2.24. The molecule has 0 aromatic heterocycles. The smallest absolute Gasteiger partial charge is 0.264 e. The summed E-state index contributed by atoms with van der Waals surface area (Å²) in [5.41, 5.74) is 0.335. The molecule has 0 saturated carbocycles. The highest BCUT2D eigenvalue weighted by molar-refractivity contribution is 7.92. The van der Waals surface area contributed by atoms with Crippen molar-refractivity contribution in [2.24, 2.45) is 0 Å². The molecule has 33 heavy (non-hydrogen) atoms. The van der Waals surface area contributed by atoms with Crippen LogP contribution in [-0.2, 0) is 14.8 Å². The van der Waals surface area contributed by atoms with E-state index < -0.39 is 10.0 Å². The highest BCUT2D eigenvalue weighted by Crippen LogP contribution is 2.32. The summed E-state index contributed by atoms with van der Waals surface area (Å²) in [6.07, 6.45) is 3.25. The van der Waals surface area contributed by atoms with Gasteiger partial charge in [0.25, 0.3) is 10.0 Å². The molecule has 1 amide bonds. The summed E-state index contributed by atoms with van der Waals surface area (Å²) in [5, 5.41) is 3.31. The fraction of sp³-hybridized carbons (Fsp3) is 0.435. The van der Waals surface area contributed by atoms with Crippen LogP contribution in [0, 0.1) is 0 Å². The Morgan fingerprint density at radius 3 is 2.36 bits per heavy atom. The lowest BCUT2D eigenvalue weighted by atomic mass is 10.3. The molecule has 0 spiro atoms. The van der Waals surface area contributed by atoms with Crippen molar-refractivity contribution in [2.75, 3.05) is 51.2 Å². The molecule has 0 radical (unpaired) electrons. The molecule has 10 heteroatoms. The Bertz CT molecular complexity index is 1040. The van der Waals surface area contributed by atoms with Gasteiger partial charge in [0, 0.05) is 17.6 Å². The Balaban J connectivity index is 1.77. The zero-order chi connectivity index (χ0) is 23.8. The number of carbonyl (C=O) groups excluding carboxylic acids is 1. The highest BCUT2D eigenvalue weighted by atomic mass is 35.5. The van der Waals surface area contributed by atoms with Crippen molar-refractivity contribution < 1.29 is 22.7 Å². The van der Waals surface area contributed by atoms with Crippen molar-refractivity contribution in [3.63, 3.8) is 0 Å². The number of rotatable bonds is 11. The van der Waals surface area contributed by atoms with Crippen molar-refractivity contribution >= 4 is 33.2 Å². The maximum absolute atomic E-state index is 13.5. The minimum Gasteiger partial charge on any atom is -0.493 e. The van der Waals surface area contributed by atoms with Crippen LogP contribution < -0.4 is 19.1 Å². The van der Waals surface area contributed by atoms with E-state index in [-0.39, 0.29) is 23.1 Å². The van der Waals surface area contributed by atoms with E-state index in [1.807, 2.05) is 0 Å². The van der Waals surface area contributed by atoms with Gasteiger partial charge in [-0.25, -0.2) is 8.42 Å². The number of anilines is 1. The first kappa shape index (κ1) is 25.1. The monoisotopic (exact) mass is 495 g/mol. The molecular weight excluding hydrogens is 466 g/mol. The van der Waals surface area contributed by atoms with Crippen molar-refractivity contribution in [1.29, 1.82) is 0 Å². The third-order valence-corrected chi connectivity index (χ3v) is 7.54. The van der Waals surface area contributed by atoms with Crippen LogP contribution in [0.15, 0.2) is 47.4 Å². The summed E-state index contributed by atoms with van der Waals surface area (Å²) in [7, 11) is -1.17. The van der Waals surface area contributed by atoms with Gasteiger partial charge >= 0.3 is 0 Å². The summed E-state index contributed by atoms with van der Waals surface area (Å²) in [4.78, 5) is 15.0. The molecule has 1 aliphatic heterocycles. The second-order valence-corrected chi connectivity index (χ2v) is 10.1. The van der Waals surface area contributed by atoms with E-state index in [1.54, 1.807) is 24.3 Å². The predicted octanol–water partition coefficient (Wildman–Crippen LogP) is 3.15. The number of amides is 1. The molecule has 0 unspecified atom stereocenters. The fourth-order valence-electron chi connectivity index (χ4n) is 3.75. The number of benzene rings is 2. The number of carbonyl (C=O) groups is 1. The van der Waals surface area contributed by atoms with Crippen LogP contribution in [0.4, 0.5) is 5.69 Å². The summed E-state index contributed by atoms with van der Waals surface area (Å²) >= 11 is 5.98. The summed E-state index contributed by atoms with van der Waals surface area (Å²) in [6.45, 7) is 3.25. The normalized spacial score (nSPS) is 14.2. The molecule has 2 aromatic carbocycles. The topological polar surface area (TPSA) is 88.2 Å². The van der Waals surface area contributed by atoms with E-state index >= 15 is 0 Å². The first-order valence-corrected chi connectivity index (χ1v) is 12.7. The number of nitrogens with zero attached hydrogens (tertiary/aromatic N) is 2. The van der Waals surface area contributed by atoms with Gasteiger partial charge < -0.3 is 19.7 Å². The SMILES string of the molecule is COc1ccc(S(=O)(=O)N(CC(=O)NCCCN2CCCC2)c2ccc(Cl)cc2)cc1OC. The van der Waals surface area contributed by atoms with Gasteiger partial charge in [-0.2, -0.15) is 0 Å². The molecular formula is C23H30ClN3O5S. The van der Waals surface area contributed by atoms with Gasteiger partial charge in [-0.15, -0.1) is 0 Å². The molecule has 0 bridgehead atoms. The molecule has 1 saturated heterocycles. The van der Waals surface area contributed by atoms with Crippen LogP contribution in [0.3, 0.4) is 0 Å². The van der Waals surface area contributed by atoms with E-state index in [9.17, 15) is 13.2 Å². The van der Waals surface area contributed by atoms with Crippen LogP contribution in [0.1, 0.15) is 19.3 Å². The highest BCUT2D eigenvalue weighted by Gasteiger charge is 2.28. The molecule has 1 aliphatic rings. The zero-order valence-corrected chi connectivity index (χ0v) is 20.5. The van der Waals surface area contributed by atoms with Crippen LogP contribution in [0.2, 0.25) is 5.02 Å². The predicted molar refractivity (Wildman–Crippen MR) is 129 cm³/mol. The molecule has 0 aliphatic carbocycles. The zero-order valence-electron chi connectivity index (χ0n) is 18.9. The average Bonchev–Trinajstić information content (AvgIpc) is 3.34. The van der Waals surface area contributed by atoms with Gasteiger partial charge in [0.2, 0.25) is 5.91 Å². The third-order valence-electron chi connectivity index (χ3n) is 5.52. The number of nitrogens with one attached hydrogen (secondary N) is 1. The number of methoxy groups -OCH3 is 2. The van der Waals surface area contributed by atoms with Crippen LogP contribution >= 0.6 is 11.6 Å². The Labute approximate surface area is 200 Å². The van der Waals surface area contributed by atoms with Crippen molar-refractivity contribution in [2.45, 2.75) is 24.2 Å². The standard InChI is InChI=1S/C23H30ClN3O5S/c1-31-21-11-10-20(16-22(21)32-2)33(29,30)27(19-8-6-18(24)7-9-19)17-23(28)25-12-5-15-26-13-3-4-14-26/h6-11,16H,3-5,12-15,17H2,1-2H3,(H,25,28). The molecule has 1 fully saturated rings. The first-order valence-electron chi connectivity index (χ1n) is 10.8. The Morgan fingerprint density at radius 2 is 1.73 bits per heavy atom. The van der Waals surface area contributed by atoms with Crippen molar-refractivity contribution in [3.8, 4) is 11.5 Å². The van der Waals surface area contributed by atoms with Gasteiger partial charge in [-0.05, 0) is 75.3 Å². The van der Waals surface area contributed by atoms with E-state index in [0.29, 0.717) is 23.0 Å². The maximum Gasteiger partial charge on any atom is 0.264 e. The Hall–Kier alpha value is -2.49. The van der Waals surface area contributed by atoms with Gasteiger partial charge in [-0.1, -0.05) is 11.6 Å². The van der Waals surface area contributed by atoms with E-state index in [4.69, 9.17) is 21.1 Å². The Kier molecular flexibility index (Phi) is 8.82. The molecule has 2 aromatic rings. The quantitative estimate of drug-likeness (QED) is 0.482. The van der Waals surface area contributed by atoms with Gasteiger partial charge in [0.05, 0.1) is 24.8 Å². The number of halogens is 1. The van der Waals surface area contributed by atoms with Crippen LogP contribution in [-0.4, -0.2) is 66.2 Å². The van der Waals surface area contributed by atoms with E-state index in [0.717, 1.165) is 30.4 Å². The Morgan fingerprint density at radius 1 is 1.06 bits per heavy atom. The molecule has 1 heterocycles. The second-order valence-electron chi connectivity index (χ2n) is 7.76. The lowest BCUT2D eigenvalue weighted by Crippen LogP contribution is -2.41. The number of likely N-dealkylation sites (tertiary alicyclic amines) is 1. The first-order chi connectivity index (χ1) is 15.8. The summed E-state index contributed by atoms with van der Waals surface area (Å²) < 4.78 is 38.6. The number of hydrogen-bond acceptors (Lipinski definition) is 6. The maximum atomic E-state index is 13.5. The largest absolute Gasteiger partial charge is 0.493 e. The second kappa shape index (κ2) is 11.6. The molecule has 0 atom stereocenters. The lowest BCUT2D eigenvalue weighted by molar-refractivity contribution is -0.119. The van der Waals surface area contributed by atoms with Gasteiger partial charge in [0.1, 0.15) is 6.54 Å². The van der Waals surface area contributed by atoms with Gasteiger partial charge in [-0.3, -0.25) is 9.10 Å². The summed E-state index contributed by atoms with van der Waals surface area (Å²) in [5.74, 6) is 0.307. The summed E-state index contributed by atoms with van der Waals surface area (Å²) in [6, 6.07) is 10.6. The minimum atomic E-state index is -4.08. The fourth-order valence-corrected chi connectivity index (χ4v) is 5.31. The van der Waals surface area contributed by atoms with Crippen LogP contribution in [0.25, 0.3) is 0 Å². The van der Waals surface area contributed by atoms with Crippen molar-refractivity contribution in [3.05, 3.63) is 47.5 Å². The average molecular weight is 496 g/mol. The number of sulfonamides is 1. The third kappa shape index (κ3) is 6.52. The number of hydrogen-bond donors (Lipinski definition) is 1. The molecule has 180 valence electrons. The van der Waals surface area contributed by atoms with Crippen molar-refractivity contribution in [1.82, 2.24) is 10.2 Å². The van der Waals surface area contributed by atoms with E-state index in [2.05, 4.69) is 10.2 Å². The van der Waals surface area contributed by atoms with Gasteiger partial charge in [0.15, 0.2) is 11.5 Å². The van der Waals surface area contributed by atoms with Crippen LogP contribution in [0.5, 0.6) is 11.5 Å². The minimum absolute atomic E-state index is 0.0167.